The minimum atomic E-state index is -0.400. The molecule has 1 fully saturated rings. The first kappa shape index (κ1) is 14.2. The van der Waals surface area contributed by atoms with Gasteiger partial charge >= 0.3 is 5.69 Å². The molecule has 0 aromatic carbocycles. The number of nitrogens with one attached hydrogen (secondary N) is 1. The first-order valence-corrected chi connectivity index (χ1v) is 7.39. The van der Waals surface area contributed by atoms with E-state index in [9.17, 15) is 10.1 Å². The summed E-state index contributed by atoms with van der Waals surface area (Å²) in [5.41, 5.74) is 0.0264. The van der Waals surface area contributed by atoms with Crippen molar-refractivity contribution < 1.29 is 4.92 Å². The third-order valence-electron chi connectivity index (χ3n) is 3.72. The number of aromatic nitrogens is 1. The lowest BCUT2D eigenvalue weighted by Gasteiger charge is -2.26. The largest absolute Gasteiger partial charge is 0.364 e. The number of pyridine rings is 1. The van der Waals surface area contributed by atoms with Crippen molar-refractivity contribution in [1.82, 2.24) is 4.98 Å². The van der Waals surface area contributed by atoms with E-state index in [4.69, 9.17) is 0 Å². The maximum absolute atomic E-state index is 11.0. The van der Waals surface area contributed by atoms with Crippen LogP contribution in [0.25, 0.3) is 0 Å². The summed E-state index contributed by atoms with van der Waals surface area (Å²) >= 11 is 3.20. The SMILES string of the molecule is CC1CCC(CNc2ncc(Br)cc2[N+](=O)[O-])CC1. The highest BCUT2D eigenvalue weighted by atomic mass is 79.9. The number of anilines is 1. The fourth-order valence-electron chi connectivity index (χ4n) is 2.48. The first-order valence-electron chi connectivity index (χ1n) is 6.60. The molecule has 1 aromatic rings. The minimum absolute atomic E-state index is 0.0264. The monoisotopic (exact) mass is 327 g/mol. The van der Waals surface area contributed by atoms with Crippen LogP contribution in [-0.2, 0) is 0 Å². The average molecular weight is 328 g/mol. The van der Waals surface area contributed by atoms with Crippen molar-refractivity contribution in [3.05, 3.63) is 26.9 Å². The van der Waals surface area contributed by atoms with Gasteiger partial charge in [0.25, 0.3) is 0 Å². The molecule has 2 rings (SSSR count). The van der Waals surface area contributed by atoms with Gasteiger partial charge in [0, 0.05) is 23.3 Å². The summed E-state index contributed by atoms with van der Waals surface area (Å²) < 4.78 is 0.622. The highest BCUT2D eigenvalue weighted by molar-refractivity contribution is 9.10. The Kier molecular flexibility index (Phi) is 4.74. The van der Waals surface area contributed by atoms with Crippen LogP contribution in [0.4, 0.5) is 11.5 Å². The van der Waals surface area contributed by atoms with Crippen LogP contribution in [0.15, 0.2) is 16.7 Å². The zero-order chi connectivity index (χ0) is 13.8. The van der Waals surface area contributed by atoms with E-state index in [1.807, 2.05) is 0 Å². The molecule has 0 amide bonds. The zero-order valence-electron chi connectivity index (χ0n) is 10.9. The Balaban J connectivity index is 1.97. The molecule has 0 bridgehead atoms. The minimum Gasteiger partial charge on any atom is -0.364 e. The van der Waals surface area contributed by atoms with Crippen LogP contribution in [0.2, 0.25) is 0 Å². The predicted octanol–water partition coefficient (Wildman–Crippen LogP) is 3.99. The number of hydrogen-bond donors (Lipinski definition) is 1. The van der Waals surface area contributed by atoms with Crippen molar-refractivity contribution in [2.24, 2.45) is 11.8 Å². The Morgan fingerprint density at radius 3 is 2.79 bits per heavy atom. The van der Waals surface area contributed by atoms with E-state index >= 15 is 0 Å². The lowest BCUT2D eigenvalue weighted by atomic mass is 9.83. The molecule has 1 aliphatic rings. The van der Waals surface area contributed by atoms with Crippen molar-refractivity contribution in [2.45, 2.75) is 32.6 Å². The molecule has 1 heterocycles. The van der Waals surface area contributed by atoms with Gasteiger partial charge in [-0.25, -0.2) is 4.98 Å². The molecule has 1 N–H and O–H groups in total. The fraction of sp³-hybridized carbons (Fsp3) is 0.615. The van der Waals surface area contributed by atoms with Gasteiger partial charge in [0.05, 0.1) is 4.92 Å². The number of nitro groups is 1. The summed E-state index contributed by atoms with van der Waals surface area (Å²) in [4.78, 5) is 14.7. The van der Waals surface area contributed by atoms with Crippen molar-refractivity contribution >= 4 is 27.4 Å². The molecule has 19 heavy (non-hydrogen) atoms. The molecule has 1 aromatic heterocycles. The summed E-state index contributed by atoms with van der Waals surface area (Å²) in [7, 11) is 0. The first-order chi connectivity index (χ1) is 9.06. The summed E-state index contributed by atoms with van der Waals surface area (Å²) in [6.45, 7) is 3.05. The van der Waals surface area contributed by atoms with Crippen molar-refractivity contribution in [2.75, 3.05) is 11.9 Å². The summed E-state index contributed by atoms with van der Waals surface area (Å²) in [5.74, 6) is 1.78. The zero-order valence-corrected chi connectivity index (χ0v) is 12.5. The van der Waals surface area contributed by atoms with Gasteiger partial charge in [0.15, 0.2) is 0 Å². The van der Waals surface area contributed by atoms with Crippen molar-refractivity contribution in [1.29, 1.82) is 0 Å². The molecule has 1 aliphatic carbocycles. The van der Waals surface area contributed by atoms with Crippen molar-refractivity contribution in [3.8, 4) is 0 Å². The van der Waals surface area contributed by atoms with E-state index in [2.05, 4.69) is 33.2 Å². The van der Waals surface area contributed by atoms with Gasteiger partial charge in [-0.15, -0.1) is 0 Å². The third kappa shape index (κ3) is 3.89. The summed E-state index contributed by atoms with van der Waals surface area (Å²) in [5, 5.41) is 14.1. The van der Waals surface area contributed by atoms with E-state index in [-0.39, 0.29) is 5.69 Å². The molecular formula is C13H18BrN3O2. The van der Waals surface area contributed by atoms with E-state index in [1.54, 1.807) is 6.20 Å². The maximum atomic E-state index is 11.0. The Hall–Kier alpha value is -1.17. The molecule has 1 saturated carbocycles. The second-order valence-corrected chi connectivity index (χ2v) is 6.20. The molecule has 0 unspecified atom stereocenters. The normalized spacial score (nSPS) is 23.1. The average Bonchev–Trinajstić information content (AvgIpc) is 2.39. The molecule has 5 nitrogen and oxygen atoms in total. The van der Waals surface area contributed by atoms with E-state index in [1.165, 1.54) is 31.7 Å². The molecule has 0 atom stereocenters. The fourth-order valence-corrected chi connectivity index (χ4v) is 2.80. The molecule has 0 aliphatic heterocycles. The van der Waals surface area contributed by atoms with E-state index < -0.39 is 4.92 Å². The van der Waals surface area contributed by atoms with E-state index in [0.717, 1.165) is 12.5 Å². The Morgan fingerprint density at radius 2 is 2.16 bits per heavy atom. The maximum Gasteiger partial charge on any atom is 0.312 e. The van der Waals surface area contributed by atoms with Crippen LogP contribution < -0.4 is 5.32 Å². The second kappa shape index (κ2) is 6.32. The van der Waals surface area contributed by atoms with Crippen LogP contribution in [0.3, 0.4) is 0 Å². The molecule has 0 radical (unpaired) electrons. The summed E-state index contributed by atoms with van der Waals surface area (Å²) in [6, 6.07) is 1.48. The van der Waals surface area contributed by atoms with Crippen molar-refractivity contribution in [3.63, 3.8) is 0 Å². The van der Waals surface area contributed by atoms with Crippen LogP contribution in [0, 0.1) is 22.0 Å². The van der Waals surface area contributed by atoms with Crippen LogP contribution >= 0.6 is 15.9 Å². The quantitative estimate of drug-likeness (QED) is 0.670. The molecule has 104 valence electrons. The smallest absolute Gasteiger partial charge is 0.312 e. The molecule has 0 saturated heterocycles. The van der Waals surface area contributed by atoms with Crippen LogP contribution in [0.5, 0.6) is 0 Å². The van der Waals surface area contributed by atoms with Crippen LogP contribution in [-0.4, -0.2) is 16.5 Å². The number of nitrogens with zero attached hydrogens (tertiary/aromatic N) is 2. The van der Waals surface area contributed by atoms with Gasteiger partial charge in [-0.1, -0.05) is 19.8 Å². The Morgan fingerprint density at radius 1 is 1.47 bits per heavy atom. The summed E-state index contributed by atoms with van der Waals surface area (Å²) in [6.07, 6.45) is 6.47. The van der Waals surface area contributed by atoms with Gasteiger partial charge in [0.1, 0.15) is 0 Å². The van der Waals surface area contributed by atoms with Crippen LogP contribution in [0.1, 0.15) is 32.6 Å². The number of hydrogen-bond acceptors (Lipinski definition) is 4. The lowest BCUT2D eigenvalue weighted by Crippen LogP contribution is -2.20. The van der Waals surface area contributed by atoms with Gasteiger partial charge < -0.3 is 5.32 Å². The van der Waals surface area contributed by atoms with Gasteiger partial charge in [-0.2, -0.15) is 0 Å². The second-order valence-electron chi connectivity index (χ2n) is 5.29. The van der Waals surface area contributed by atoms with Gasteiger partial charge in [-0.05, 0) is 40.6 Å². The number of halogens is 1. The van der Waals surface area contributed by atoms with Gasteiger partial charge in [0.2, 0.25) is 5.82 Å². The highest BCUT2D eigenvalue weighted by Crippen LogP contribution is 2.30. The lowest BCUT2D eigenvalue weighted by molar-refractivity contribution is -0.384. The number of rotatable bonds is 4. The van der Waals surface area contributed by atoms with E-state index in [0.29, 0.717) is 16.2 Å². The molecule has 0 spiro atoms. The Bertz CT molecular complexity index is 459. The predicted molar refractivity (Wildman–Crippen MR) is 78.2 cm³/mol. The molecule has 6 heteroatoms. The standard InChI is InChI=1S/C13H18BrN3O2/c1-9-2-4-10(5-3-9)7-15-13-12(17(18)19)6-11(14)8-16-13/h6,8-10H,2-5,7H2,1H3,(H,15,16). The molecular weight excluding hydrogens is 310 g/mol. The van der Waals surface area contributed by atoms with Gasteiger partial charge in [-0.3, -0.25) is 10.1 Å². The topological polar surface area (TPSA) is 68.1 Å². The Labute approximate surface area is 121 Å². The highest BCUT2D eigenvalue weighted by Gasteiger charge is 2.20. The third-order valence-corrected chi connectivity index (χ3v) is 4.16.